The number of aliphatic carboxylic acids is 1. The summed E-state index contributed by atoms with van der Waals surface area (Å²) in [6.07, 6.45) is 2.03. The second-order valence-corrected chi connectivity index (χ2v) is 5.63. The van der Waals surface area contributed by atoms with Gasteiger partial charge in [0.2, 0.25) is 0 Å². The number of nitrogens with two attached hydrogens (primary N) is 1. The highest BCUT2D eigenvalue weighted by atomic mass is 35.5. The van der Waals surface area contributed by atoms with Crippen molar-refractivity contribution in [3.63, 3.8) is 0 Å². The molecular formula is C14H23Cl2N3O2S. The first-order valence-electron chi connectivity index (χ1n) is 6.55. The van der Waals surface area contributed by atoms with Crippen LogP contribution < -0.4 is 5.73 Å². The van der Waals surface area contributed by atoms with Crippen molar-refractivity contribution in [1.29, 1.82) is 5.41 Å². The topological polar surface area (TPSA) is 90.4 Å². The molecule has 126 valence electrons. The van der Waals surface area contributed by atoms with Crippen LogP contribution >= 0.6 is 36.8 Å². The van der Waals surface area contributed by atoms with E-state index in [4.69, 9.17) is 16.2 Å². The van der Waals surface area contributed by atoms with Crippen LogP contribution in [0.5, 0.6) is 0 Å². The van der Waals surface area contributed by atoms with Gasteiger partial charge in [-0.15, -0.1) is 24.8 Å². The zero-order chi connectivity index (χ0) is 15.0. The molecule has 4 N–H and O–H groups in total. The molecule has 0 aliphatic rings. The van der Waals surface area contributed by atoms with Crippen molar-refractivity contribution < 1.29 is 9.90 Å². The largest absolute Gasteiger partial charge is 0.480 e. The predicted octanol–water partition coefficient (Wildman–Crippen LogP) is 3.42. The van der Waals surface area contributed by atoms with E-state index in [0.717, 1.165) is 17.7 Å². The first-order valence-corrected chi connectivity index (χ1v) is 7.32. The summed E-state index contributed by atoms with van der Waals surface area (Å²) in [5.74, 6) is -0.467. The molecule has 0 spiro atoms. The second kappa shape index (κ2) is 12.6. The van der Waals surface area contributed by atoms with E-state index >= 15 is 0 Å². The van der Waals surface area contributed by atoms with Crippen molar-refractivity contribution in [2.24, 2.45) is 5.73 Å². The Hall–Kier alpha value is -0.950. The number of nitrogens with one attached hydrogen (secondary N) is 1. The number of unbranched alkanes of at least 4 members (excludes halogenated alkanes) is 1. The zero-order valence-corrected chi connectivity index (χ0v) is 14.8. The van der Waals surface area contributed by atoms with E-state index < -0.39 is 12.0 Å². The van der Waals surface area contributed by atoms with Gasteiger partial charge in [-0.05, 0) is 50.3 Å². The summed E-state index contributed by atoms with van der Waals surface area (Å²) in [4.78, 5) is 11.7. The Morgan fingerprint density at radius 2 is 1.91 bits per heavy atom. The number of carboxylic acids is 1. The van der Waals surface area contributed by atoms with Crippen LogP contribution in [0.3, 0.4) is 0 Å². The quantitative estimate of drug-likeness (QED) is 0.283. The molecule has 0 radical (unpaired) electrons. The lowest BCUT2D eigenvalue weighted by molar-refractivity contribution is -0.138. The van der Waals surface area contributed by atoms with Crippen LogP contribution in [-0.4, -0.2) is 33.8 Å². The average Bonchev–Trinajstić information content (AvgIpc) is 2.42. The van der Waals surface area contributed by atoms with Gasteiger partial charge in [-0.2, -0.15) is 0 Å². The molecule has 8 heteroatoms. The molecule has 1 atom stereocenters. The SMILES string of the molecule is CC(=N)N(CCCC[C@H](N)C(=O)O)Sc1ccccc1.Cl.Cl. The van der Waals surface area contributed by atoms with Crippen LogP contribution in [0, 0.1) is 5.41 Å². The summed E-state index contributed by atoms with van der Waals surface area (Å²) in [5, 5.41) is 16.5. The lowest BCUT2D eigenvalue weighted by atomic mass is 10.1. The van der Waals surface area contributed by atoms with E-state index in [9.17, 15) is 4.79 Å². The molecule has 1 rings (SSSR count). The monoisotopic (exact) mass is 367 g/mol. The van der Waals surface area contributed by atoms with Gasteiger partial charge in [-0.3, -0.25) is 10.2 Å². The van der Waals surface area contributed by atoms with E-state index in [0.29, 0.717) is 18.8 Å². The number of carboxylic acid groups (broad SMARTS) is 1. The number of rotatable bonds is 8. The highest BCUT2D eigenvalue weighted by Crippen LogP contribution is 2.23. The molecule has 1 aromatic carbocycles. The Kier molecular flexibility index (Phi) is 13.3. The summed E-state index contributed by atoms with van der Waals surface area (Å²) in [7, 11) is 0. The minimum Gasteiger partial charge on any atom is -0.480 e. The van der Waals surface area contributed by atoms with Crippen molar-refractivity contribution in [3.8, 4) is 0 Å². The number of carbonyl (C=O) groups is 1. The van der Waals surface area contributed by atoms with Gasteiger partial charge in [0.1, 0.15) is 11.9 Å². The first kappa shape index (κ1) is 23.3. The van der Waals surface area contributed by atoms with E-state index in [-0.39, 0.29) is 24.8 Å². The van der Waals surface area contributed by atoms with Gasteiger partial charge in [0.25, 0.3) is 0 Å². The fraction of sp³-hybridized carbons (Fsp3) is 0.429. The smallest absolute Gasteiger partial charge is 0.320 e. The lowest BCUT2D eigenvalue weighted by Gasteiger charge is -2.21. The highest BCUT2D eigenvalue weighted by molar-refractivity contribution is 7.97. The fourth-order valence-corrected chi connectivity index (χ4v) is 2.52. The van der Waals surface area contributed by atoms with Crippen LogP contribution in [0.25, 0.3) is 0 Å². The average molecular weight is 368 g/mol. The Morgan fingerprint density at radius 3 is 2.41 bits per heavy atom. The Balaban J connectivity index is 0. The Bertz CT molecular complexity index is 449. The van der Waals surface area contributed by atoms with Crippen LogP contribution in [0.1, 0.15) is 26.2 Å². The van der Waals surface area contributed by atoms with Gasteiger partial charge in [0.05, 0.1) is 0 Å². The van der Waals surface area contributed by atoms with Crippen LogP contribution in [0.2, 0.25) is 0 Å². The fourth-order valence-electron chi connectivity index (χ4n) is 1.63. The molecule has 0 amide bonds. The predicted molar refractivity (Wildman–Crippen MR) is 96.4 cm³/mol. The molecule has 0 aliphatic heterocycles. The van der Waals surface area contributed by atoms with Crippen molar-refractivity contribution in [2.75, 3.05) is 6.54 Å². The molecule has 0 saturated carbocycles. The normalized spacial score (nSPS) is 10.8. The molecule has 0 bridgehead atoms. The Labute approximate surface area is 148 Å². The third-order valence-electron chi connectivity index (χ3n) is 2.78. The molecule has 0 saturated heterocycles. The molecule has 0 heterocycles. The minimum atomic E-state index is -0.955. The number of benzene rings is 1. The molecule has 0 fully saturated rings. The van der Waals surface area contributed by atoms with Crippen LogP contribution in [0.15, 0.2) is 35.2 Å². The summed E-state index contributed by atoms with van der Waals surface area (Å²) < 4.78 is 1.90. The van der Waals surface area contributed by atoms with Gasteiger partial charge < -0.3 is 15.1 Å². The molecule has 5 nitrogen and oxygen atoms in total. The van der Waals surface area contributed by atoms with Crippen LogP contribution in [-0.2, 0) is 4.79 Å². The van der Waals surface area contributed by atoms with E-state index in [1.165, 1.54) is 11.9 Å². The highest BCUT2D eigenvalue weighted by Gasteiger charge is 2.12. The minimum absolute atomic E-state index is 0. The standard InChI is InChI=1S/C14H21N3O2S.2ClH/c1-11(15)17(20-12-7-3-2-4-8-12)10-6-5-9-13(16)14(18)19;;/h2-4,7-8,13,15H,5-6,9-10,16H2,1H3,(H,18,19);2*1H/t13-;;/m0../s1. The maximum atomic E-state index is 10.6. The van der Waals surface area contributed by atoms with Gasteiger partial charge in [-0.1, -0.05) is 18.2 Å². The van der Waals surface area contributed by atoms with Crippen molar-refractivity contribution in [2.45, 2.75) is 37.1 Å². The number of nitrogens with zero attached hydrogens (tertiary/aromatic N) is 1. The summed E-state index contributed by atoms with van der Waals surface area (Å²) in [6, 6.07) is 9.10. The van der Waals surface area contributed by atoms with E-state index in [2.05, 4.69) is 0 Å². The Morgan fingerprint density at radius 1 is 1.32 bits per heavy atom. The third kappa shape index (κ3) is 9.15. The van der Waals surface area contributed by atoms with Crippen LogP contribution in [0.4, 0.5) is 0 Å². The lowest BCUT2D eigenvalue weighted by Crippen LogP contribution is -2.30. The van der Waals surface area contributed by atoms with E-state index in [1.807, 2.05) is 34.6 Å². The van der Waals surface area contributed by atoms with Gasteiger partial charge in [-0.25, -0.2) is 0 Å². The summed E-state index contributed by atoms with van der Waals surface area (Å²) in [6.45, 7) is 2.46. The van der Waals surface area contributed by atoms with Crippen molar-refractivity contribution in [3.05, 3.63) is 30.3 Å². The van der Waals surface area contributed by atoms with Gasteiger partial charge in [0.15, 0.2) is 0 Å². The van der Waals surface area contributed by atoms with Gasteiger partial charge in [0, 0.05) is 11.4 Å². The van der Waals surface area contributed by atoms with E-state index in [1.54, 1.807) is 6.92 Å². The molecule has 0 aliphatic carbocycles. The maximum Gasteiger partial charge on any atom is 0.320 e. The molecular weight excluding hydrogens is 345 g/mol. The third-order valence-corrected chi connectivity index (χ3v) is 3.94. The molecule has 1 aromatic rings. The second-order valence-electron chi connectivity index (χ2n) is 4.53. The molecule has 22 heavy (non-hydrogen) atoms. The molecule has 0 unspecified atom stereocenters. The maximum absolute atomic E-state index is 10.6. The number of amidine groups is 1. The number of hydrogen-bond donors (Lipinski definition) is 3. The van der Waals surface area contributed by atoms with Crippen molar-refractivity contribution >= 4 is 48.6 Å². The van der Waals surface area contributed by atoms with Gasteiger partial charge >= 0.3 is 5.97 Å². The zero-order valence-electron chi connectivity index (χ0n) is 12.4. The first-order chi connectivity index (χ1) is 9.50. The number of hydrogen-bond acceptors (Lipinski definition) is 4. The van der Waals surface area contributed by atoms with Crippen molar-refractivity contribution in [1.82, 2.24) is 4.31 Å². The molecule has 0 aromatic heterocycles. The number of halogens is 2. The summed E-state index contributed by atoms with van der Waals surface area (Å²) >= 11 is 1.52. The summed E-state index contributed by atoms with van der Waals surface area (Å²) in [5.41, 5.74) is 5.46.